The molecule has 1 atom stereocenters. The van der Waals surface area contributed by atoms with E-state index in [4.69, 9.17) is 4.74 Å². The molecular formula is C32H32N2O5. The molecule has 2 heterocycles. The highest BCUT2D eigenvalue weighted by atomic mass is 16.5. The van der Waals surface area contributed by atoms with Crippen molar-refractivity contribution in [1.82, 2.24) is 9.88 Å². The fourth-order valence-electron chi connectivity index (χ4n) is 5.10. The summed E-state index contributed by atoms with van der Waals surface area (Å²) in [6, 6.07) is 20.4. The summed E-state index contributed by atoms with van der Waals surface area (Å²) in [7, 11) is 0. The number of aromatic hydroxyl groups is 1. The number of H-pyrrole nitrogens is 1. The molecule has 4 aromatic rings. The maximum Gasteiger partial charge on any atom is 0.295 e. The second-order valence-corrected chi connectivity index (χ2v) is 9.77. The number of aliphatic hydroxyl groups is 1. The molecule has 1 unspecified atom stereocenters. The number of carbonyl (C=O) groups is 2. The van der Waals surface area contributed by atoms with Crippen molar-refractivity contribution in [3.63, 3.8) is 0 Å². The van der Waals surface area contributed by atoms with Crippen LogP contribution in [0.15, 0.2) is 84.6 Å². The molecule has 1 aromatic heterocycles. The number of aromatic nitrogens is 1. The van der Waals surface area contributed by atoms with Crippen LogP contribution in [0.5, 0.6) is 11.5 Å². The highest BCUT2D eigenvalue weighted by Crippen LogP contribution is 2.40. The molecule has 5 rings (SSSR count). The minimum atomic E-state index is -0.791. The molecule has 39 heavy (non-hydrogen) atoms. The maximum absolute atomic E-state index is 13.3. The third-order valence-electron chi connectivity index (χ3n) is 7.19. The van der Waals surface area contributed by atoms with E-state index in [0.717, 1.165) is 35.7 Å². The van der Waals surface area contributed by atoms with Gasteiger partial charge in [0.05, 0.1) is 18.2 Å². The summed E-state index contributed by atoms with van der Waals surface area (Å²) in [6.45, 7) is 3.02. The van der Waals surface area contributed by atoms with Crippen LogP contribution < -0.4 is 4.74 Å². The number of ether oxygens (including phenoxy) is 1. The third kappa shape index (κ3) is 5.39. The summed E-state index contributed by atoms with van der Waals surface area (Å²) in [5.41, 5.74) is 3.12. The van der Waals surface area contributed by atoms with Crippen molar-refractivity contribution in [3.05, 3.63) is 101 Å². The van der Waals surface area contributed by atoms with Gasteiger partial charge >= 0.3 is 0 Å². The molecule has 1 saturated heterocycles. The van der Waals surface area contributed by atoms with Crippen LogP contribution in [0.3, 0.4) is 0 Å². The number of carbonyl (C=O) groups excluding carboxylic acids is 2. The number of nitrogens with zero attached hydrogens (tertiary/aromatic N) is 1. The number of fused-ring (bicyclic) bond motifs is 1. The molecule has 7 nitrogen and oxygen atoms in total. The zero-order valence-corrected chi connectivity index (χ0v) is 21.9. The molecule has 1 aliphatic heterocycles. The average Bonchev–Trinajstić information content (AvgIpc) is 3.48. The van der Waals surface area contributed by atoms with E-state index < -0.39 is 17.7 Å². The number of hydrogen-bond donors (Lipinski definition) is 3. The van der Waals surface area contributed by atoms with E-state index in [0.29, 0.717) is 29.9 Å². The Morgan fingerprint density at radius 3 is 2.46 bits per heavy atom. The van der Waals surface area contributed by atoms with Gasteiger partial charge in [0.2, 0.25) is 0 Å². The third-order valence-corrected chi connectivity index (χ3v) is 7.19. The second-order valence-electron chi connectivity index (χ2n) is 9.77. The normalized spacial score (nSPS) is 16.7. The monoisotopic (exact) mass is 524 g/mol. The predicted molar refractivity (Wildman–Crippen MR) is 151 cm³/mol. The van der Waals surface area contributed by atoms with Gasteiger partial charge in [-0.3, -0.25) is 9.59 Å². The Morgan fingerprint density at radius 2 is 1.72 bits per heavy atom. The molecule has 1 amide bonds. The second kappa shape index (κ2) is 11.5. The predicted octanol–water partition coefficient (Wildman–Crippen LogP) is 6.11. The maximum atomic E-state index is 13.3. The van der Waals surface area contributed by atoms with E-state index in [1.54, 1.807) is 36.4 Å². The van der Waals surface area contributed by atoms with Crippen molar-refractivity contribution in [2.45, 2.75) is 38.6 Å². The quantitative estimate of drug-likeness (QED) is 0.101. The Kier molecular flexibility index (Phi) is 7.68. The lowest BCUT2D eigenvalue weighted by molar-refractivity contribution is -0.139. The van der Waals surface area contributed by atoms with Gasteiger partial charge < -0.3 is 24.8 Å². The number of nitrogens with one attached hydrogen (secondary N) is 1. The number of Topliss-reactive ketones (excluding diaryl/α,β-unsaturated/α-hetero) is 1. The van der Waals surface area contributed by atoms with Gasteiger partial charge in [-0.25, -0.2) is 0 Å². The van der Waals surface area contributed by atoms with E-state index in [9.17, 15) is 19.8 Å². The van der Waals surface area contributed by atoms with Crippen molar-refractivity contribution >= 4 is 28.4 Å². The number of benzene rings is 3. The lowest BCUT2D eigenvalue weighted by atomic mass is 9.95. The Balaban J connectivity index is 1.46. The van der Waals surface area contributed by atoms with Crippen molar-refractivity contribution in [1.29, 1.82) is 0 Å². The summed E-state index contributed by atoms with van der Waals surface area (Å²) < 4.78 is 5.77. The van der Waals surface area contributed by atoms with Gasteiger partial charge in [0.15, 0.2) is 0 Å². The summed E-state index contributed by atoms with van der Waals surface area (Å²) in [5, 5.41) is 22.2. The molecule has 3 N–H and O–H groups in total. The largest absolute Gasteiger partial charge is 0.508 e. The number of likely N-dealkylation sites (tertiary alicyclic amines) is 1. The number of aromatic amines is 1. The zero-order valence-electron chi connectivity index (χ0n) is 21.9. The Labute approximate surface area is 227 Å². The van der Waals surface area contributed by atoms with Crippen LogP contribution in [0.1, 0.15) is 48.9 Å². The van der Waals surface area contributed by atoms with Gasteiger partial charge in [-0.2, -0.15) is 0 Å². The standard InChI is InChI=1S/C32H32N2O5/c1-2-3-6-19-39-25-15-11-22(12-16-25)30(36)28-29(21-9-13-24(35)14-10-21)34(32(38)31(28)37)18-17-23-20-33-27-8-5-4-7-26(23)27/h4-5,7-16,20,29,33,35-36H,2-3,6,17-19H2,1H3/b30-28+. The Hall–Kier alpha value is -4.52. The van der Waals surface area contributed by atoms with Gasteiger partial charge in [0.1, 0.15) is 17.3 Å². The number of phenolic OH excluding ortho intramolecular Hbond substituents is 1. The van der Waals surface area contributed by atoms with Crippen LogP contribution in [0.4, 0.5) is 0 Å². The molecule has 1 fully saturated rings. The van der Waals surface area contributed by atoms with Gasteiger partial charge in [0, 0.05) is 29.2 Å². The SMILES string of the molecule is CCCCCOc1ccc(/C(O)=C2\C(=O)C(=O)N(CCc3c[nH]c4ccccc34)C2c2ccc(O)cc2)cc1. The van der Waals surface area contributed by atoms with Crippen LogP contribution >= 0.6 is 0 Å². The zero-order chi connectivity index (χ0) is 27.4. The van der Waals surface area contributed by atoms with Crippen LogP contribution in [-0.2, 0) is 16.0 Å². The lowest BCUT2D eigenvalue weighted by Crippen LogP contribution is -2.31. The van der Waals surface area contributed by atoms with Crippen molar-refractivity contribution in [2.24, 2.45) is 0 Å². The summed E-state index contributed by atoms with van der Waals surface area (Å²) in [6.07, 6.45) is 5.61. The molecule has 1 aliphatic rings. The van der Waals surface area contributed by atoms with Gasteiger partial charge in [0.25, 0.3) is 11.7 Å². The topological polar surface area (TPSA) is 103 Å². The number of unbranched alkanes of at least 4 members (excludes halogenated alkanes) is 2. The molecule has 3 aromatic carbocycles. The Morgan fingerprint density at radius 1 is 0.974 bits per heavy atom. The Bertz CT molecular complexity index is 1500. The number of para-hydroxylation sites is 1. The number of phenols is 1. The van der Waals surface area contributed by atoms with Crippen molar-refractivity contribution < 1.29 is 24.5 Å². The number of hydrogen-bond acceptors (Lipinski definition) is 5. The van der Waals surface area contributed by atoms with Crippen LogP contribution in [0.2, 0.25) is 0 Å². The number of ketones is 1. The van der Waals surface area contributed by atoms with Gasteiger partial charge in [-0.05, 0) is 66.4 Å². The first-order valence-electron chi connectivity index (χ1n) is 13.3. The number of rotatable bonds is 10. The lowest BCUT2D eigenvalue weighted by Gasteiger charge is -2.25. The van der Waals surface area contributed by atoms with E-state index in [1.807, 2.05) is 30.5 Å². The minimum absolute atomic E-state index is 0.0289. The van der Waals surface area contributed by atoms with Crippen LogP contribution in [0.25, 0.3) is 16.7 Å². The number of amides is 1. The van der Waals surface area contributed by atoms with Crippen molar-refractivity contribution in [3.8, 4) is 11.5 Å². The molecule has 0 spiro atoms. The van der Waals surface area contributed by atoms with Gasteiger partial charge in [-0.15, -0.1) is 0 Å². The first-order chi connectivity index (χ1) is 19.0. The molecule has 0 aliphatic carbocycles. The average molecular weight is 525 g/mol. The van der Waals surface area contributed by atoms with E-state index in [1.165, 1.54) is 17.0 Å². The first-order valence-corrected chi connectivity index (χ1v) is 13.3. The minimum Gasteiger partial charge on any atom is -0.508 e. The smallest absolute Gasteiger partial charge is 0.295 e. The molecule has 0 saturated carbocycles. The number of aliphatic hydroxyl groups excluding tert-OH is 1. The fraction of sp³-hybridized carbons (Fsp3) is 0.250. The summed E-state index contributed by atoms with van der Waals surface area (Å²) in [4.78, 5) is 31.4. The fourth-order valence-corrected chi connectivity index (χ4v) is 5.10. The van der Waals surface area contributed by atoms with E-state index >= 15 is 0 Å². The summed E-state index contributed by atoms with van der Waals surface area (Å²) >= 11 is 0. The van der Waals surface area contributed by atoms with Crippen molar-refractivity contribution in [2.75, 3.05) is 13.2 Å². The van der Waals surface area contributed by atoms with E-state index in [-0.39, 0.29) is 23.6 Å². The molecule has 0 radical (unpaired) electrons. The molecule has 7 heteroatoms. The highest BCUT2D eigenvalue weighted by Gasteiger charge is 2.45. The first kappa shape index (κ1) is 26.1. The molecule has 0 bridgehead atoms. The highest BCUT2D eigenvalue weighted by molar-refractivity contribution is 6.46. The molecular weight excluding hydrogens is 492 g/mol. The van der Waals surface area contributed by atoms with Crippen LogP contribution in [-0.4, -0.2) is 44.9 Å². The van der Waals surface area contributed by atoms with Gasteiger partial charge in [-0.1, -0.05) is 50.1 Å². The van der Waals surface area contributed by atoms with E-state index in [2.05, 4.69) is 11.9 Å². The summed E-state index contributed by atoms with van der Waals surface area (Å²) in [5.74, 6) is -0.880. The van der Waals surface area contributed by atoms with Crippen LogP contribution in [0, 0.1) is 0 Å². The molecule has 200 valence electrons.